The summed E-state index contributed by atoms with van der Waals surface area (Å²) in [4.78, 5) is 14.1. The molecule has 1 unspecified atom stereocenters. The van der Waals surface area contributed by atoms with Gasteiger partial charge in [-0.05, 0) is 52.1 Å². The first kappa shape index (κ1) is 15.5. The van der Waals surface area contributed by atoms with Gasteiger partial charge in [-0.3, -0.25) is 4.79 Å². The van der Waals surface area contributed by atoms with E-state index in [-0.39, 0.29) is 11.5 Å². The second-order valence-electron chi connectivity index (χ2n) is 6.62. The molecule has 0 amide bonds. The van der Waals surface area contributed by atoms with Gasteiger partial charge in [-0.1, -0.05) is 20.3 Å². The Kier molecular flexibility index (Phi) is 5.20. The van der Waals surface area contributed by atoms with E-state index in [1.54, 1.807) is 0 Å². The molecule has 1 fully saturated rings. The minimum absolute atomic E-state index is 0.0000231. The molecule has 1 rings (SSSR count). The predicted octanol–water partition coefficient (Wildman–Crippen LogP) is 3.23. The maximum atomic E-state index is 11.8. The fourth-order valence-electron chi connectivity index (χ4n) is 2.98. The van der Waals surface area contributed by atoms with Crippen LogP contribution in [0, 0.1) is 5.41 Å². The van der Waals surface area contributed by atoms with Gasteiger partial charge in [0.1, 0.15) is 0 Å². The Morgan fingerprint density at radius 1 is 1.17 bits per heavy atom. The van der Waals surface area contributed by atoms with Crippen LogP contribution in [0.2, 0.25) is 0 Å². The van der Waals surface area contributed by atoms with Crippen LogP contribution in [0.5, 0.6) is 0 Å². The number of esters is 1. The second kappa shape index (κ2) is 6.05. The van der Waals surface area contributed by atoms with Crippen molar-refractivity contribution in [2.75, 3.05) is 20.7 Å². The summed E-state index contributed by atoms with van der Waals surface area (Å²) in [6.45, 7) is 7.02. The lowest BCUT2D eigenvalue weighted by Crippen LogP contribution is -2.46. The normalized spacial score (nSPS) is 27.9. The molecule has 0 N–H and O–H groups in total. The zero-order chi connectivity index (χ0) is 13.8. The molecule has 106 valence electrons. The molecule has 0 aromatic rings. The van der Waals surface area contributed by atoms with Crippen molar-refractivity contribution in [3.8, 4) is 0 Å². The predicted molar refractivity (Wildman–Crippen MR) is 74.5 cm³/mol. The zero-order valence-corrected chi connectivity index (χ0v) is 12.7. The van der Waals surface area contributed by atoms with E-state index in [0.29, 0.717) is 18.4 Å². The van der Waals surface area contributed by atoms with Crippen molar-refractivity contribution in [3.05, 3.63) is 0 Å². The summed E-state index contributed by atoms with van der Waals surface area (Å²) in [6.07, 6.45) is 6.36. The van der Waals surface area contributed by atoms with Crippen LogP contribution in [0.1, 0.15) is 59.3 Å². The van der Waals surface area contributed by atoms with Gasteiger partial charge in [-0.15, -0.1) is 0 Å². The van der Waals surface area contributed by atoms with Crippen LogP contribution < -0.4 is 0 Å². The molecule has 0 bridgehead atoms. The Morgan fingerprint density at radius 3 is 2.39 bits per heavy atom. The van der Waals surface area contributed by atoms with Crippen LogP contribution in [-0.2, 0) is 9.53 Å². The van der Waals surface area contributed by atoms with E-state index in [0.717, 1.165) is 12.8 Å². The molecule has 0 spiro atoms. The van der Waals surface area contributed by atoms with Crippen LogP contribution >= 0.6 is 0 Å². The highest BCUT2D eigenvalue weighted by atomic mass is 16.5. The summed E-state index contributed by atoms with van der Waals surface area (Å²) in [5.74, 6) is -0.0501. The van der Waals surface area contributed by atoms with E-state index in [9.17, 15) is 4.79 Å². The van der Waals surface area contributed by atoms with Gasteiger partial charge in [0.15, 0.2) is 0 Å². The fraction of sp³-hybridized carbons (Fsp3) is 0.933. The van der Waals surface area contributed by atoms with Gasteiger partial charge < -0.3 is 9.64 Å². The molecule has 0 heterocycles. The summed E-state index contributed by atoms with van der Waals surface area (Å²) in [5.41, 5.74) is 0.409. The van der Waals surface area contributed by atoms with Crippen molar-refractivity contribution in [3.63, 3.8) is 0 Å². The van der Waals surface area contributed by atoms with Crippen molar-refractivity contribution in [2.24, 2.45) is 5.41 Å². The van der Waals surface area contributed by atoms with Gasteiger partial charge in [-0.25, -0.2) is 0 Å². The molecule has 0 aromatic heterocycles. The van der Waals surface area contributed by atoms with E-state index in [2.05, 4.69) is 32.8 Å². The molecule has 0 radical (unpaired) electrons. The number of ether oxygens (including phenoxy) is 1. The van der Waals surface area contributed by atoms with Gasteiger partial charge in [0, 0.05) is 5.54 Å². The Balaban J connectivity index is 2.77. The molecule has 0 aliphatic heterocycles. The Hall–Kier alpha value is -0.570. The van der Waals surface area contributed by atoms with Crippen molar-refractivity contribution >= 4 is 5.97 Å². The number of carbonyl (C=O) groups is 1. The second-order valence-corrected chi connectivity index (χ2v) is 6.62. The molecule has 0 aromatic carbocycles. The van der Waals surface area contributed by atoms with Crippen LogP contribution in [0.4, 0.5) is 0 Å². The minimum Gasteiger partial charge on any atom is -0.466 e. The molecule has 1 aliphatic rings. The highest BCUT2D eigenvalue weighted by Crippen LogP contribution is 2.41. The van der Waals surface area contributed by atoms with Gasteiger partial charge in [-0.2, -0.15) is 0 Å². The lowest BCUT2D eigenvalue weighted by Gasteiger charge is -2.39. The van der Waals surface area contributed by atoms with Crippen molar-refractivity contribution in [2.45, 2.75) is 64.8 Å². The number of nitrogens with zero attached hydrogens (tertiary/aromatic N) is 1. The third-order valence-corrected chi connectivity index (χ3v) is 4.49. The van der Waals surface area contributed by atoms with Crippen LogP contribution in [0.3, 0.4) is 0 Å². The Bertz CT molecular complexity index is 286. The standard InChI is InChI=1S/C15H29NO2/c1-6-18-13(17)12-15(16(4)5)9-7-8-14(2,3)10-11-15/h6-12H2,1-5H3. The van der Waals surface area contributed by atoms with E-state index >= 15 is 0 Å². The molecule has 1 atom stereocenters. The lowest BCUT2D eigenvalue weighted by molar-refractivity contribution is -0.146. The van der Waals surface area contributed by atoms with E-state index in [1.165, 1.54) is 19.3 Å². The Morgan fingerprint density at radius 2 is 1.83 bits per heavy atom. The maximum absolute atomic E-state index is 11.8. The molecule has 1 aliphatic carbocycles. The average Bonchev–Trinajstić information content (AvgIpc) is 2.39. The largest absolute Gasteiger partial charge is 0.466 e. The lowest BCUT2D eigenvalue weighted by atomic mass is 9.82. The van der Waals surface area contributed by atoms with Crippen molar-refractivity contribution in [1.82, 2.24) is 4.90 Å². The van der Waals surface area contributed by atoms with Crippen LogP contribution in [0.25, 0.3) is 0 Å². The highest BCUT2D eigenvalue weighted by Gasteiger charge is 2.39. The molecular weight excluding hydrogens is 226 g/mol. The van der Waals surface area contributed by atoms with Gasteiger partial charge >= 0.3 is 5.97 Å². The van der Waals surface area contributed by atoms with Crippen LogP contribution in [-0.4, -0.2) is 37.1 Å². The molecule has 3 heteroatoms. The third-order valence-electron chi connectivity index (χ3n) is 4.49. The zero-order valence-electron chi connectivity index (χ0n) is 12.7. The smallest absolute Gasteiger partial charge is 0.307 e. The maximum Gasteiger partial charge on any atom is 0.307 e. The monoisotopic (exact) mass is 255 g/mol. The molecule has 1 saturated carbocycles. The first-order valence-electron chi connectivity index (χ1n) is 7.14. The summed E-state index contributed by atoms with van der Waals surface area (Å²) in [6, 6.07) is 0. The fourth-order valence-corrected chi connectivity index (χ4v) is 2.98. The number of hydrogen-bond donors (Lipinski definition) is 0. The highest BCUT2D eigenvalue weighted by molar-refractivity contribution is 5.70. The average molecular weight is 255 g/mol. The summed E-state index contributed by atoms with van der Waals surface area (Å²) in [7, 11) is 4.19. The molecule has 3 nitrogen and oxygen atoms in total. The van der Waals surface area contributed by atoms with E-state index < -0.39 is 0 Å². The topological polar surface area (TPSA) is 29.5 Å². The molecule has 0 saturated heterocycles. The van der Waals surface area contributed by atoms with Crippen molar-refractivity contribution < 1.29 is 9.53 Å². The molecular formula is C15H29NO2. The van der Waals surface area contributed by atoms with Gasteiger partial charge in [0.05, 0.1) is 13.0 Å². The summed E-state index contributed by atoms with van der Waals surface area (Å²) in [5, 5.41) is 0. The minimum atomic E-state index is -0.0501. The van der Waals surface area contributed by atoms with E-state index in [1.807, 2.05) is 6.92 Å². The van der Waals surface area contributed by atoms with Gasteiger partial charge in [0.25, 0.3) is 0 Å². The number of rotatable bonds is 4. The van der Waals surface area contributed by atoms with Crippen molar-refractivity contribution in [1.29, 1.82) is 0 Å². The number of hydrogen-bond acceptors (Lipinski definition) is 3. The third kappa shape index (κ3) is 3.98. The van der Waals surface area contributed by atoms with Gasteiger partial charge in [0.2, 0.25) is 0 Å². The van der Waals surface area contributed by atoms with E-state index in [4.69, 9.17) is 4.74 Å². The summed E-state index contributed by atoms with van der Waals surface area (Å²) >= 11 is 0. The summed E-state index contributed by atoms with van der Waals surface area (Å²) < 4.78 is 5.15. The number of carbonyl (C=O) groups excluding carboxylic acids is 1. The molecule has 18 heavy (non-hydrogen) atoms. The van der Waals surface area contributed by atoms with Crippen LogP contribution in [0.15, 0.2) is 0 Å². The SMILES string of the molecule is CCOC(=O)CC1(N(C)C)CCCC(C)(C)CC1. The first-order valence-corrected chi connectivity index (χ1v) is 7.14. The Labute approximate surface area is 112 Å². The first-order chi connectivity index (χ1) is 8.31. The quantitative estimate of drug-likeness (QED) is 0.570.